The summed E-state index contributed by atoms with van der Waals surface area (Å²) in [6, 6.07) is 11.5. The van der Waals surface area contributed by atoms with Crippen molar-refractivity contribution in [2.75, 3.05) is 50.8 Å². The summed E-state index contributed by atoms with van der Waals surface area (Å²) in [5.74, 6) is -0.661. The molecule has 1 amide bonds. The highest BCUT2D eigenvalue weighted by Crippen LogP contribution is 2.37. The fourth-order valence-electron chi connectivity index (χ4n) is 5.87. The minimum Gasteiger partial charge on any atom is -0.379 e. The zero-order chi connectivity index (χ0) is 24.6. The first-order valence-corrected chi connectivity index (χ1v) is 13.1. The molecule has 0 unspecified atom stereocenters. The number of hydrogen-bond acceptors (Lipinski definition) is 4. The molecule has 2 aromatic rings. The van der Waals surface area contributed by atoms with Crippen LogP contribution >= 0.6 is 11.6 Å². The number of anilines is 1. The van der Waals surface area contributed by atoms with Crippen molar-refractivity contribution in [1.82, 2.24) is 9.80 Å². The minimum atomic E-state index is -0.487. The van der Waals surface area contributed by atoms with Gasteiger partial charge in [-0.3, -0.25) is 9.69 Å². The Kier molecular flexibility index (Phi) is 7.06. The Balaban J connectivity index is 1.34. The summed E-state index contributed by atoms with van der Waals surface area (Å²) in [4.78, 5) is 20.2. The number of carbonyl (C=O) groups is 1. The maximum absolute atomic E-state index is 13.9. The van der Waals surface area contributed by atoms with Gasteiger partial charge in [-0.15, -0.1) is 0 Å². The third kappa shape index (κ3) is 5.35. The highest BCUT2D eigenvalue weighted by atomic mass is 35.5. The molecule has 5 rings (SSSR count). The number of nitrogens with zero attached hydrogens (tertiary/aromatic N) is 3. The Morgan fingerprint density at radius 1 is 1.03 bits per heavy atom. The molecular weight excluding hydrogens is 465 g/mol. The number of benzene rings is 2. The minimum absolute atomic E-state index is 0.0498. The molecule has 3 aliphatic rings. The number of piperidine rings is 1. The molecule has 0 bridgehead atoms. The summed E-state index contributed by atoms with van der Waals surface area (Å²) >= 11 is 6.03. The number of halogens is 2. The largest absolute Gasteiger partial charge is 0.379 e. The highest BCUT2D eigenvalue weighted by Gasteiger charge is 2.32. The number of morpholine rings is 1. The molecule has 5 nitrogen and oxygen atoms in total. The number of rotatable bonds is 3. The van der Waals surface area contributed by atoms with Crippen molar-refractivity contribution in [3.63, 3.8) is 0 Å². The van der Waals surface area contributed by atoms with Crippen molar-refractivity contribution >= 4 is 23.2 Å². The second kappa shape index (κ2) is 10.1. The molecule has 0 N–H and O–H groups in total. The molecule has 7 heteroatoms. The molecule has 2 fully saturated rings. The van der Waals surface area contributed by atoms with Crippen LogP contribution in [0.3, 0.4) is 0 Å². The van der Waals surface area contributed by atoms with Crippen LogP contribution in [0.15, 0.2) is 36.4 Å². The quantitative estimate of drug-likeness (QED) is 0.588. The lowest BCUT2D eigenvalue weighted by Gasteiger charge is -2.41. The van der Waals surface area contributed by atoms with Crippen LogP contribution in [0.25, 0.3) is 0 Å². The molecule has 0 aliphatic carbocycles. The third-order valence-corrected chi connectivity index (χ3v) is 8.19. The maximum Gasteiger partial charge on any atom is 0.254 e. The van der Waals surface area contributed by atoms with Crippen molar-refractivity contribution in [3.05, 3.63) is 63.9 Å². The van der Waals surface area contributed by atoms with Crippen LogP contribution in [0.2, 0.25) is 5.02 Å². The van der Waals surface area contributed by atoms with Gasteiger partial charge in [-0.2, -0.15) is 0 Å². The average molecular weight is 500 g/mol. The molecule has 0 aromatic heterocycles. The first-order valence-electron chi connectivity index (χ1n) is 12.8. The van der Waals surface area contributed by atoms with E-state index in [0.29, 0.717) is 24.7 Å². The SMILES string of the molecule is CC1(C)CCN(C(=O)c2cc(F)cc(Cl)c2)Cc2cc(N3CCC(N4CCOCC4)CC3)ccc21. The molecule has 0 spiro atoms. The Morgan fingerprint density at radius 3 is 2.49 bits per heavy atom. The molecule has 0 atom stereocenters. The van der Waals surface area contributed by atoms with Gasteiger partial charge in [-0.1, -0.05) is 31.5 Å². The predicted molar refractivity (Wildman–Crippen MR) is 138 cm³/mol. The number of carbonyl (C=O) groups excluding carboxylic acids is 1. The molecule has 2 aromatic carbocycles. The van der Waals surface area contributed by atoms with Gasteiger partial charge in [0.05, 0.1) is 13.2 Å². The number of hydrogen-bond donors (Lipinski definition) is 0. The van der Waals surface area contributed by atoms with Gasteiger partial charge in [0.2, 0.25) is 0 Å². The first-order chi connectivity index (χ1) is 16.8. The Labute approximate surface area is 212 Å². The number of ether oxygens (including phenoxy) is 1. The van der Waals surface area contributed by atoms with Gasteiger partial charge in [0.25, 0.3) is 5.91 Å². The number of amides is 1. The standard InChI is InChI=1S/C28H35ClFN3O2/c1-28(2)7-10-33(27(34)20-15-22(29)18-23(30)16-20)19-21-17-25(3-4-26(21)28)31-8-5-24(6-9-31)32-11-13-35-14-12-32/h3-4,15-18,24H,5-14,19H2,1-2H3. The van der Waals surface area contributed by atoms with Gasteiger partial charge in [0.15, 0.2) is 0 Å². The lowest BCUT2D eigenvalue weighted by atomic mass is 9.80. The zero-order valence-electron chi connectivity index (χ0n) is 20.7. The molecular formula is C28H35ClFN3O2. The second-order valence-corrected chi connectivity index (χ2v) is 11.2. The van der Waals surface area contributed by atoms with Gasteiger partial charge in [-0.25, -0.2) is 4.39 Å². The van der Waals surface area contributed by atoms with Gasteiger partial charge in [0.1, 0.15) is 5.82 Å². The summed E-state index contributed by atoms with van der Waals surface area (Å²) in [6.45, 7) is 11.5. The number of fused-ring (bicyclic) bond motifs is 1. The van der Waals surface area contributed by atoms with Crippen molar-refractivity contribution in [1.29, 1.82) is 0 Å². The van der Waals surface area contributed by atoms with Crippen LogP contribution in [0.1, 0.15) is 54.6 Å². The van der Waals surface area contributed by atoms with Crippen LogP contribution in [0.4, 0.5) is 10.1 Å². The molecule has 0 saturated carbocycles. The summed E-state index contributed by atoms with van der Waals surface area (Å²) in [5, 5.41) is 0.242. The maximum atomic E-state index is 13.9. The Hall–Kier alpha value is -2.15. The monoisotopic (exact) mass is 499 g/mol. The van der Waals surface area contributed by atoms with Gasteiger partial charge >= 0.3 is 0 Å². The Bertz CT molecular complexity index is 1060. The van der Waals surface area contributed by atoms with Crippen LogP contribution in [0, 0.1) is 5.82 Å². The fourth-order valence-corrected chi connectivity index (χ4v) is 6.09. The molecule has 0 radical (unpaired) electrons. The van der Waals surface area contributed by atoms with Gasteiger partial charge < -0.3 is 14.5 Å². The summed E-state index contributed by atoms with van der Waals surface area (Å²) in [5.41, 5.74) is 3.94. The van der Waals surface area contributed by atoms with E-state index in [9.17, 15) is 9.18 Å². The van der Waals surface area contributed by atoms with Crippen LogP contribution < -0.4 is 4.90 Å². The van der Waals surface area contributed by atoms with Gasteiger partial charge in [0, 0.05) is 61.6 Å². The molecule has 3 heterocycles. The van der Waals surface area contributed by atoms with Crippen molar-refractivity contribution in [3.8, 4) is 0 Å². The van der Waals surface area contributed by atoms with Crippen LogP contribution in [-0.2, 0) is 16.7 Å². The predicted octanol–water partition coefficient (Wildman–Crippen LogP) is 5.10. The highest BCUT2D eigenvalue weighted by molar-refractivity contribution is 6.31. The van der Waals surface area contributed by atoms with Crippen molar-refractivity contribution in [2.24, 2.45) is 0 Å². The Morgan fingerprint density at radius 2 is 1.77 bits per heavy atom. The third-order valence-electron chi connectivity index (χ3n) is 7.97. The topological polar surface area (TPSA) is 36.0 Å². The van der Waals surface area contributed by atoms with E-state index in [1.165, 1.54) is 28.9 Å². The molecule has 3 aliphatic heterocycles. The van der Waals surface area contributed by atoms with E-state index in [4.69, 9.17) is 16.3 Å². The van der Waals surface area contributed by atoms with E-state index in [0.717, 1.165) is 58.7 Å². The second-order valence-electron chi connectivity index (χ2n) is 10.7. The van der Waals surface area contributed by atoms with E-state index in [1.54, 1.807) is 6.07 Å². The summed E-state index contributed by atoms with van der Waals surface area (Å²) in [6.07, 6.45) is 3.17. The van der Waals surface area contributed by atoms with Crippen LogP contribution in [0.5, 0.6) is 0 Å². The van der Waals surface area contributed by atoms with E-state index in [-0.39, 0.29) is 16.3 Å². The van der Waals surface area contributed by atoms with E-state index >= 15 is 0 Å². The van der Waals surface area contributed by atoms with Crippen molar-refractivity contribution in [2.45, 2.75) is 51.1 Å². The first kappa shape index (κ1) is 24.5. The van der Waals surface area contributed by atoms with E-state index in [1.807, 2.05) is 4.90 Å². The zero-order valence-corrected chi connectivity index (χ0v) is 21.5. The normalized spacial score (nSPS) is 21.5. The molecule has 188 valence electrons. The van der Waals surface area contributed by atoms with Gasteiger partial charge in [-0.05, 0) is 66.1 Å². The smallest absolute Gasteiger partial charge is 0.254 e. The van der Waals surface area contributed by atoms with E-state index in [2.05, 4.69) is 41.8 Å². The van der Waals surface area contributed by atoms with E-state index < -0.39 is 5.82 Å². The van der Waals surface area contributed by atoms with Crippen LogP contribution in [-0.4, -0.2) is 67.7 Å². The summed E-state index contributed by atoms with van der Waals surface area (Å²) in [7, 11) is 0. The summed E-state index contributed by atoms with van der Waals surface area (Å²) < 4.78 is 19.5. The fraction of sp³-hybridized carbons (Fsp3) is 0.536. The molecule has 35 heavy (non-hydrogen) atoms. The average Bonchev–Trinajstić information content (AvgIpc) is 2.99. The molecule has 2 saturated heterocycles. The lowest BCUT2D eigenvalue weighted by molar-refractivity contribution is 0.0115. The lowest BCUT2D eigenvalue weighted by Crippen LogP contribution is -2.49. The van der Waals surface area contributed by atoms with Crippen molar-refractivity contribution < 1.29 is 13.9 Å².